The van der Waals surface area contributed by atoms with Crippen LogP contribution in [-0.2, 0) is 12.8 Å². The Balaban J connectivity index is 1.86. The van der Waals surface area contributed by atoms with Gasteiger partial charge in [0.2, 0.25) is 0 Å². The zero-order chi connectivity index (χ0) is 10.5. The maximum absolute atomic E-state index is 8.75. The second kappa shape index (κ2) is 5.28. The third-order valence-corrected chi connectivity index (χ3v) is 2.82. The molecule has 2 heterocycles. The molecule has 0 saturated carbocycles. The van der Waals surface area contributed by atoms with Crippen LogP contribution < -0.4 is 5.32 Å². The number of aliphatic hydroxyl groups is 1. The molecule has 1 aliphatic rings. The van der Waals surface area contributed by atoms with Crippen LogP contribution in [-0.4, -0.2) is 29.8 Å². The van der Waals surface area contributed by atoms with Crippen LogP contribution in [0.15, 0.2) is 10.6 Å². The molecule has 1 saturated heterocycles. The standard InChI is InChI=1S/C11H18N2O2/c14-5-3-10-8-13-11(15-10)6-9-2-1-4-12-7-9/h8-9,12,14H,1-7H2. The Morgan fingerprint density at radius 1 is 1.60 bits per heavy atom. The van der Waals surface area contributed by atoms with Gasteiger partial charge in [0.25, 0.3) is 0 Å². The summed E-state index contributed by atoms with van der Waals surface area (Å²) in [5, 5.41) is 12.1. The number of aliphatic hydroxyl groups excluding tert-OH is 1. The molecule has 2 N–H and O–H groups in total. The van der Waals surface area contributed by atoms with Gasteiger partial charge >= 0.3 is 0 Å². The molecule has 0 radical (unpaired) electrons. The van der Waals surface area contributed by atoms with Crippen LogP contribution in [0.3, 0.4) is 0 Å². The first-order valence-electron chi connectivity index (χ1n) is 5.63. The van der Waals surface area contributed by atoms with Gasteiger partial charge in [0.1, 0.15) is 5.76 Å². The third kappa shape index (κ3) is 3.04. The van der Waals surface area contributed by atoms with E-state index >= 15 is 0 Å². The largest absolute Gasteiger partial charge is 0.446 e. The van der Waals surface area contributed by atoms with Crippen molar-refractivity contribution in [1.82, 2.24) is 10.3 Å². The lowest BCUT2D eigenvalue weighted by Crippen LogP contribution is -2.30. The molecule has 0 bridgehead atoms. The Labute approximate surface area is 89.7 Å². The molecule has 0 amide bonds. The summed E-state index contributed by atoms with van der Waals surface area (Å²) in [6.45, 7) is 2.33. The number of piperidine rings is 1. The first-order chi connectivity index (χ1) is 7.38. The van der Waals surface area contributed by atoms with Crippen LogP contribution in [0.5, 0.6) is 0 Å². The zero-order valence-corrected chi connectivity index (χ0v) is 8.91. The van der Waals surface area contributed by atoms with Gasteiger partial charge in [-0.25, -0.2) is 4.98 Å². The molecule has 1 aromatic heterocycles. The van der Waals surface area contributed by atoms with E-state index in [2.05, 4.69) is 10.3 Å². The fraction of sp³-hybridized carbons (Fsp3) is 0.727. The van der Waals surface area contributed by atoms with Gasteiger partial charge in [-0.2, -0.15) is 0 Å². The minimum atomic E-state index is 0.125. The number of rotatable bonds is 4. The molecule has 15 heavy (non-hydrogen) atoms. The molecular formula is C11H18N2O2. The van der Waals surface area contributed by atoms with Crippen molar-refractivity contribution in [3.8, 4) is 0 Å². The Hall–Kier alpha value is -0.870. The van der Waals surface area contributed by atoms with E-state index in [-0.39, 0.29) is 6.61 Å². The van der Waals surface area contributed by atoms with Gasteiger partial charge in [0.05, 0.1) is 12.8 Å². The number of aromatic nitrogens is 1. The van der Waals surface area contributed by atoms with Crippen molar-refractivity contribution in [2.75, 3.05) is 19.7 Å². The lowest BCUT2D eigenvalue weighted by molar-refractivity contribution is 0.282. The molecule has 84 valence electrons. The van der Waals surface area contributed by atoms with Gasteiger partial charge in [-0.05, 0) is 31.8 Å². The van der Waals surface area contributed by atoms with E-state index in [9.17, 15) is 0 Å². The van der Waals surface area contributed by atoms with E-state index in [0.29, 0.717) is 12.3 Å². The Morgan fingerprint density at radius 2 is 2.53 bits per heavy atom. The van der Waals surface area contributed by atoms with E-state index in [4.69, 9.17) is 9.52 Å². The van der Waals surface area contributed by atoms with E-state index < -0.39 is 0 Å². The summed E-state index contributed by atoms with van der Waals surface area (Å²) >= 11 is 0. The van der Waals surface area contributed by atoms with Gasteiger partial charge in [0.15, 0.2) is 5.89 Å². The number of nitrogens with zero attached hydrogens (tertiary/aromatic N) is 1. The van der Waals surface area contributed by atoms with Crippen LogP contribution in [0.25, 0.3) is 0 Å². The highest BCUT2D eigenvalue weighted by molar-refractivity contribution is 4.95. The van der Waals surface area contributed by atoms with Gasteiger partial charge < -0.3 is 14.8 Å². The van der Waals surface area contributed by atoms with Crippen molar-refractivity contribution < 1.29 is 9.52 Å². The molecule has 1 atom stereocenters. The normalized spacial score (nSPS) is 21.8. The lowest BCUT2D eigenvalue weighted by atomic mass is 9.96. The van der Waals surface area contributed by atoms with E-state index in [1.54, 1.807) is 6.20 Å². The zero-order valence-electron chi connectivity index (χ0n) is 8.91. The summed E-state index contributed by atoms with van der Waals surface area (Å²) < 4.78 is 5.53. The van der Waals surface area contributed by atoms with Crippen LogP contribution in [0.4, 0.5) is 0 Å². The van der Waals surface area contributed by atoms with Crippen molar-refractivity contribution >= 4 is 0 Å². The average Bonchev–Trinajstić information content (AvgIpc) is 2.68. The fourth-order valence-electron chi connectivity index (χ4n) is 2.01. The van der Waals surface area contributed by atoms with Gasteiger partial charge in [-0.1, -0.05) is 0 Å². The molecule has 1 unspecified atom stereocenters. The quantitative estimate of drug-likeness (QED) is 0.770. The van der Waals surface area contributed by atoms with Crippen molar-refractivity contribution in [2.24, 2.45) is 5.92 Å². The van der Waals surface area contributed by atoms with Gasteiger partial charge in [-0.3, -0.25) is 0 Å². The molecule has 0 aliphatic carbocycles. The first-order valence-corrected chi connectivity index (χ1v) is 5.63. The molecular weight excluding hydrogens is 192 g/mol. The van der Waals surface area contributed by atoms with Crippen molar-refractivity contribution in [2.45, 2.75) is 25.7 Å². The second-order valence-corrected chi connectivity index (χ2v) is 4.11. The SMILES string of the molecule is OCCc1cnc(CC2CCCNC2)o1. The molecule has 1 aromatic rings. The predicted molar refractivity (Wildman–Crippen MR) is 56.6 cm³/mol. The van der Waals surface area contributed by atoms with Crippen LogP contribution in [0, 0.1) is 5.92 Å². The maximum Gasteiger partial charge on any atom is 0.194 e. The molecule has 1 aliphatic heterocycles. The molecule has 4 nitrogen and oxygen atoms in total. The van der Waals surface area contributed by atoms with Crippen molar-refractivity contribution in [3.63, 3.8) is 0 Å². The number of oxazole rings is 1. The van der Waals surface area contributed by atoms with Crippen LogP contribution >= 0.6 is 0 Å². The highest BCUT2D eigenvalue weighted by Crippen LogP contribution is 2.16. The highest BCUT2D eigenvalue weighted by Gasteiger charge is 2.16. The fourth-order valence-corrected chi connectivity index (χ4v) is 2.01. The van der Waals surface area contributed by atoms with E-state index in [0.717, 1.165) is 31.2 Å². The summed E-state index contributed by atoms with van der Waals surface area (Å²) in [5.74, 6) is 2.25. The first kappa shape index (κ1) is 10.6. The molecule has 0 spiro atoms. The Morgan fingerprint density at radius 3 is 3.27 bits per heavy atom. The van der Waals surface area contributed by atoms with E-state index in [1.165, 1.54) is 12.8 Å². The number of hydrogen-bond acceptors (Lipinski definition) is 4. The topological polar surface area (TPSA) is 58.3 Å². The van der Waals surface area contributed by atoms with Gasteiger partial charge in [0, 0.05) is 12.8 Å². The molecule has 2 rings (SSSR count). The molecule has 0 aromatic carbocycles. The summed E-state index contributed by atoms with van der Waals surface area (Å²) in [6, 6.07) is 0. The number of hydrogen-bond donors (Lipinski definition) is 2. The molecule has 4 heteroatoms. The summed E-state index contributed by atoms with van der Waals surface area (Å²) in [4.78, 5) is 4.22. The smallest absolute Gasteiger partial charge is 0.194 e. The third-order valence-electron chi connectivity index (χ3n) is 2.82. The minimum absolute atomic E-state index is 0.125. The lowest BCUT2D eigenvalue weighted by Gasteiger charge is -2.21. The average molecular weight is 210 g/mol. The summed E-state index contributed by atoms with van der Waals surface area (Å²) in [6.07, 6.45) is 5.70. The van der Waals surface area contributed by atoms with Crippen LogP contribution in [0.2, 0.25) is 0 Å². The summed E-state index contributed by atoms with van der Waals surface area (Å²) in [5.41, 5.74) is 0. The Bertz CT molecular complexity index is 293. The molecule has 1 fully saturated rings. The second-order valence-electron chi connectivity index (χ2n) is 4.11. The van der Waals surface area contributed by atoms with Crippen molar-refractivity contribution in [3.05, 3.63) is 17.8 Å². The van der Waals surface area contributed by atoms with E-state index in [1.807, 2.05) is 0 Å². The number of nitrogens with one attached hydrogen (secondary N) is 1. The van der Waals surface area contributed by atoms with Crippen LogP contribution in [0.1, 0.15) is 24.5 Å². The van der Waals surface area contributed by atoms with Gasteiger partial charge in [-0.15, -0.1) is 0 Å². The maximum atomic E-state index is 8.75. The minimum Gasteiger partial charge on any atom is -0.446 e. The highest BCUT2D eigenvalue weighted by atomic mass is 16.4. The van der Waals surface area contributed by atoms with Crippen molar-refractivity contribution in [1.29, 1.82) is 0 Å². The predicted octanol–water partition coefficient (Wildman–Crippen LogP) is 0.751. The monoisotopic (exact) mass is 210 g/mol. The summed E-state index contributed by atoms with van der Waals surface area (Å²) in [7, 11) is 0. The Kier molecular flexibility index (Phi) is 3.75.